The lowest BCUT2D eigenvalue weighted by atomic mass is 10.2. The second kappa shape index (κ2) is 6.73. The number of nitrogens with zero attached hydrogens (tertiary/aromatic N) is 1. The molecule has 1 rings (SSSR count). The molecule has 0 heterocycles. The van der Waals surface area contributed by atoms with Crippen molar-refractivity contribution in [3.63, 3.8) is 0 Å². The van der Waals surface area contributed by atoms with E-state index in [0.717, 1.165) is 12.2 Å². The van der Waals surface area contributed by atoms with Crippen molar-refractivity contribution in [3.8, 4) is 11.8 Å². The lowest BCUT2D eigenvalue weighted by molar-refractivity contribution is 0.305. The van der Waals surface area contributed by atoms with Crippen molar-refractivity contribution in [2.24, 2.45) is 0 Å². The second-order valence-electron chi connectivity index (χ2n) is 3.77. The van der Waals surface area contributed by atoms with Crippen LogP contribution in [0.3, 0.4) is 0 Å². The minimum Gasteiger partial charge on any atom is -0.494 e. The Morgan fingerprint density at radius 2 is 2.12 bits per heavy atom. The van der Waals surface area contributed by atoms with E-state index in [2.05, 4.69) is 6.92 Å². The van der Waals surface area contributed by atoms with E-state index in [-0.39, 0.29) is 0 Å². The SMILES string of the molecule is CCCCCCOc1ccc(C#N)c(N)c1. The number of nitrogens with two attached hydrogens (primary N) is 1. The first-order valence-electron chi connectivity index (χ1n) is 5.70. The smallest absolute Gasteiger partial charge is 0.121 e. The number of hydrogen-bond donors (Lipinski definition) is 1. The molecule has 0 amide bonds. The number of anilines is 1. The predicted molar refractivity (Wildman–Crippen MR) is 65.2 cm³/mol. The molecule has 1 aromatic carbocycles. The summed E-state index contributed by atoms with van der Waals surface area (Å²) in [5.41, 5.74) is 6.66. The van der Waals surface area contributed by atoms with Gasteiger partial charge in [-0.15, -0.1) is 0 Å². The average Bonchev–Trinajstić information content (AvgIpc) is 2.29. The van der Waals surface area contributed by atoms with Gasteiger partial charge in [0.1, 0.15) is 11.8 Å². The van der Waals surface area contributed by atoms with Crippen molar-refractivity contribution in [1.82, 2.24) is 0 Å². The Labute approximate surface area is 96.8 Å². The van der Waals surface area contributed by atoms with E-state index in [0.29, 0.717) is 17.9 Å². The van der Waals surface area contributed by atoms with Crippen molar-refractivity contribution >= 4 is 5.69 Å². The van der Waals surface area contributed by atoms with Crippen LogP contribution in [0.25, 0.3) is 0 Å². The largest absolute Gasteiger partial charge is 0.494 e. The zero-order valence-electron chi connectivity index (χ0n) is 9.70. The molecule has 0 aromatic heterocycles. The van der Waals surface area contributed by atoms with Gasteiger partial charge in [0, 0.05) is 6.07 Å². The van der Waals surface area contributed by atoms with Crippen molar-refractivity contribution in [1.29, 1.82) is 5.26 Å². The van der Waals surface area contributed by atoms with E-state index in [9.17, 15) is 0 Å². The topological polar surface area (TPSA) is 59.0 Å². The highest BCUT2D eigenvalue weighted by molar-refractivity contribution is 5.56. The summed E-state index contributed by atoms with van der Waals surface area (Å²) < 4.78 is 5.54. The predicted octanol–water partition coefficient (Wildman–Crippen LogP) is 3.10. The Kier molecular flexibility index (Phi) is 5.21. The van der Waals surface area contributed by atoms with E-state index >= 15 is 0 Å². The minimum absolute atomic E-state index is 0.480. The van der Waals surface area contributed by atoms with E-state index in [1.807, 2.05) is 6.07 Å². The quantitative estimate of drug-likeness (QED) is 0.589. The molecule has 0 bridgehead atoms. The molecule has 0 unspecified atom stereocenters. The van der Waals surface area contributed by atoms with E-state index in [1.54, 1.807) is 18.2 Å². The third-order valence-corrected chi connectivity index (χ3v) is 2.41. The van der Waals surface area contributed by atoms with Crippen LogP contribution >= 0.6 is 0 Å². The zero-order valence-corrected chi connectivity index (χ0v) is 9.70. The summed E-state index contributed by atoms with van der Waals surface area (Å²) in [5, 5.41) is 8.71. The molecule has 86 valence electrons. The average molecular weight is 218 g/mol. The van der Waals surface area contributed by atoms with Crippen molar-refractivity contribution in [2.45, 2.75) is 32.6 Å². The molecule has 0 aliphatic rings. The van der Waals surface area contributed by atoms with Gasteiger partial charge in [-0.2, -0.15) is 5.26 Å². The molecule has 3 heteroatoms. The van der Waals surface area contributed by atoms with Gasteiger partial charge in [0.2, 0.25) is 0 Å². The number of unbranched alkanes of at least 4 members (excludes halogenated alkanes) is 3. The first-order valence-corrected chi connectivity index (χ1v) is 5.70. The molecular weight excluding hydrogens is 200 g/mol. The molecule has 2 N–H and O–H groups in total. The van der Waals surface area contributed by atoms with Gasteiger partial charge in [0.15, 0.2) is 0 Å². The monoisotopic (exact) mass is 218 g/mol. The second-order valence-corrected chi connectivity index (χ2v) is 3.77. The van der Waals surface area contributed by atoms with Gasteiger partial charge in [0.05, 0.1) is 17.9 Å². The Morgan fingerprint density at radius 3 is 2.75 bits per heavy atom. The third-order valence-electron chi connectivity index (χ3n) is 2.41. The molecule has 0 fully saturated rings. The van der Waals surface area contributed by atoms with Crippen LogP contribution in [0.5, 0.6) is 5.75 Å². The van der Waals surface area contributed by atoms with Gasteiger partial charge in [-0.3, -0.25) is 0 Å². The number of nitrogen functional groups attached to an aromatic ring is 1. The van der Waals surface area contributed by atoms with Gasteiger partial charge in [-0.25, -0.2) is 0 Å². The number of nitriles is 1. The van der Waals surface area contributed by atoms with Crippen LogP contribution < -0.4 is 10.5 Å². The summed E-state index contributed by atoms with van der Waals surface area (Å²) in [7, 11) is 0. The van der Waals surface area contributed by atoms with Crippen LogP contribution in [0, 0.1) is 11.3 Å². The standard InChI is InChI=1S/C13H18N2O/c1-2-3-4-5-8-16-12-7-6-11(10-14)13(15)9-12/h6-7,9H,2-5,8,15H2,1H3. The van der Waals surface area contributed by atoms with E-state index in [4.69, 9.17) is 15.7 Å². The van der Waals surface area contributed by atoms with Gasteiger partial charge in [-0.1, -0.05) is 26.2 Å². The number of hydrogen-bond acceptors (Lipinski definition) is 3. The van der Waals surface area contributed by atoms with Crippen LogP contribution in [0.4, 0.5) is 5.69 Å². The van der Waals surface area contributed by atoms with Crippen LogP contribution in [0.1, 0.15) is 38.2 Å². The summed E-state index contributed by atoms with van der Waals surface area (Å²) in [6, 6.07) is 7.21. The van der Waals surface area contributed by atoms with Crippen LogP contribution in [-0.2, 0) is 0 Å². The number of ether oxygens (including phenoxy) is 1. The molecule has 0 aliphatic carbocycles. The molecule has 0 saturated carbocycles. The molecule has 0 spiro atoms. The number of rotatable bonds is 6. The Hall–Kier alpha value is -1.69. The van der Waals surface area contributed by atoms with Crippen LogP contribution in [0.2, 0.25) is 0 Å². The van der Waals surface area contributed by atoms with Crippen molar-refractivity contribution in [3.05, 3.63) is 23.8 Å². The lowest BCUT2D eigenvalue weighted by Crippen LogP contribution is -1.98. The van der Waals surface area contributed by atoms with Crippen molar-refractivity contribution in [2.75, 3.05) is 12.3 Å². The molecule has 16 heavy (non-hydrogen) atoms. The Balaban J connectivity index is 2.38. The highest BCUT2D eigenvalue weighted by Gasteiger charge is 2.00. The fraction of sp³-hybridized carbons (Fsp3) is 0.462. The first-order chi connectivity index (χ1) is 7.77. The maximum absolute atomic E-state index is 8.71. The summed E-state index contributed by atoms with van der Waals surface area (Å²) in [5.74, 6) is 0.744. The fourth-order valence-electron chi connectivity index (χ4n) is 1.45. The summed E-state index contributed by atoms with van der Waals surface area (Å²) in [6.45, 7) is 2.90. The Bertz CT molecular complexity index is 369. The zero-order chi connectivity index (χ0) is 11.8. The molecular formula is C13H18N2O. The van der Waals surface area contributed by atoms with Crippen molar-refractivity contribution < 1.29 is 4.74 Å². The first kappa shape index (κ1) is 12.4. The molecule has 0 radical (unpaired) electrons. The summed E-state index contributed by atoms with van der Waals surface area (Å²) in [4.78, 5) is 0. The van der Waals surface area contributed by atoms with Gasteiger partial charge in [0.25, 0.3) is 0 Å². The highest BCUT2D eigenvalue weighted by Crippen LogP contribution is 2.19. The molecule has 0 atom stereocenters. The maximum atomic E-state index is 8.71. The maximum Gasteiger partial charge on any atom is 0.121 e. The van der Waals surface area contributed by atoms with E-state index < -0.39 is 0 Å². The number of benzene rings is 1. The Morgan fingerprint density at radius 1 is 1.31 bits per heavy atom. The lowest BCUT2D eigenvalue weighted by Gasteiger charge is -2.07. The molecule has 3 nitrogen and oxygen atoms in total. The summed E-state index contributed by atoms with van der Waals surface area (Å²) >= 11 is 0. The fourth-order valence-corrected chi connectivity index (χ4v) is 1.45. The summed E-state index contributed by atoms with van der Waals surface area (Å²) in [6.07, 6.45) is 4.73. The molecule has 0 aliphatic heterocycles. The third kappa shape index (κ3) is 3.82. The van der Waals surface area contributed by atoms with Crippen LogP contribution in [-0.4, -0.2) is 6.61 Å². The molecule has 0 saturated heterocycles. The van der Waals surface area contributed by atoms with E-state index in [1.165, 1.54) is 19.3 Å². The normalized spacial score (nSPS) is 9.75. The minimum atomic E-state index is 0.480. The van der Waals surface area contributed by atoms with Gasteiger partial charge >= 0.3 is 0 Å². The molecule has 1 aromatic rings. The highest BCUT2D eigenvalue weighted by atomic mass is 16.5. The van der Waals surface area contributed by atoms with Gasteiger partial charge in [-0.05, 0) is 18.6 Å². The van der Waals surface area contributed by atoms with Crippen LogP contribution in [0.15, 0.2) is 18.2 Å². The van der Waals surface area contributed by atoms with Gasteiger partial charge < -0.3 is 10.5 Å².